The molecule has 3 nitrogen and oxygen atoms in total. The minimum absolute atomic E-state index is 0.0833. The summed E-state index contributed by atoms with van der Waals surface area (Å²) >= 11 is 0. The first kappa shape index (κ1) is 17.2. The first-order chi connectivity index (χ1) is 9.15. The zero-order valence-corrected chi connectivity index (χ0v) is 13.6. The molecule has 0 radical (unpaired) electrons. The Labute approximate surface area is 123 Å². The van der Waals surface area contributed by atoms with Crippen LogP contribution >= 0.6 is 0 Å². The van der Waals surface area contributed by atoms with Crippen molar-refractivity contribution >= 4 is 11.8 Å². The van der Waals surface area contributed by atoms with E-state index in [1.165, 1.54) is 0 Å². The molecule has 1 aliphatic carbocycles. The molecule has 1 rings (SSSR count). The van der Waals surface area contributed by atoms with Gasteiger partial charge in [0.15, 0.2) is 0 Å². The molecule has 0 aromatic carbocycles. The zero-order valence-electron chi connectivity index (χ0n) is 13.6. The third-order valence-corrected chi connectivity index (χ3v) is 4.95. The fourth-order valence-electron chi connectivity index (χ4n) is 3.79. The molecule has 0 saturated heterocycles. The molecule has 0 aromatic heterocycles. The van der Waals surface area contributed by atoms with E-state index in [0.29, 0.717) is 17.6 Å². The molecule has 1 N–H and O–H groups in total. The van der Waals surface area contributed by atoms with Crippen molar-refractivity contribution in [3.05, 3.63) is 0 Å². The average molecular weight is 282 g/mol. The number of carboxylic acid groups (broad SMARTS) is 1. The number of carboxylic acids is 1. The average Bonchev–Trinajstić information content (AvgIpc) is 2.37. The summed E-state index contributed by atoms with van der Waals surface area (Å²) in [6.07, 6.45) is 4.48. The molecular weight excluding hydrogens is 252 g/mol. The molecule has 0 heterocycles. The molecule has 0 aliphatic heterocycles. The lowest BCUT2D eigenvalue weighted by molar-refractivity contribution is -0.143. The molecule has 1 unspecified atom stereocenters. The molecular formula is C17H30O3. The van der Waals surface area contributed by atoms with E-state index in [4.69, 9.17) is 5.11 Å². The van der Waals surface area contributed by atoms with Gasteiger partial charge in [0.1, 0.15) is 5.78 Å². The Balaban J connectivity index is 2.53. The van der Waals surface area contributed by atoms with E-state index in [-0.39, 0.29) is 17.3 Å². The van der Waals surface area contributed by atoms with Gasteiger partial charge in [-0.1, -0.05) is 34.6 Å². The quantitative estimate of drug-likeness (QED) is 0.796. The Morgan fingerprint density at radius 3 is 2.00 bits per heavy atom. The van der Waals surface area contributed by atoms with Crippen LogP contribution in [0.5, 0.6) is 0 Å². The monoisotopic (exact) mass is 282 g/mol. The van der Waals surface area contributed by atoms with Crippen LogP contribution in [-0.4, -0.2) is 16.9 Å². The normalized spacial score (nSPS) is 25.5. The lowest BCUT2D eigenvalue weighted by atomic mass is 9.69. The summed E-state index contributed by atoms with van der Waals surface area (Å²) < 4.78 is 0. The van der Waals surface area contributed by atoms with Crippen molar-refractivity contribution in [2.45, 2.75) is 66.7 Å². The van der Waals surface area contributed by atoms with Crippen LogP contribution in [0.15, 0.2) is 0 Å². The van der Waals surface area contributed by atoms with Crippen molar-refractivity contribution in [3.63, 3.8) is 0 Å². The van der Waals surface area contributed by atoms with Crippen molar-refractivity contribution < 1.29 is 14.7 Å². The van der Waals surface area contributed by atoms with Gasteiger partial charge in [0.2, 0.25) is 0 Å². The second kappa shape index (κ2) is 6.73. The molecule has 1 saturated carbocycles. The zero-order chi connectivity index (χ0) is 15.5. The van der Waals surface area contributed by atoms with Crippen molar-refractivity contribution in [1.82, 2.24) is 0 Å². The van der Waals surface area contributed by atoms with Gasteiger partial charge in [-0.25, -0.2) is 0 Å². The summed E-state index contributed by atoms with van der Waals surface area (Å²) in [7, 11) is 0. The van der Waals surface area contributed by atoms with Gasteiger partial charge < -0.3 is 5.11 Å². The molecule has 1 fully saturated rings. The number of carbonyl (C=O) groups excluding carboxylic acids is 1. The van der Waals surface area contributed by atoms with Crippen LogP contribution in [-0.2, 0) is 9.59 Å². The van der Waals surface area contributed by atoms with Crippen LogP contribution in [0.1, 0.15) is 66.7 Å². The Bertz CT molecular complexity index is 349. The number of hydrogen-bond donors (Lipinski definition) is 1. The van der Waals surface area contributed by atoms with Gasteiger partial charge in [-0.2, -0.15) is 0 Å². The molecule has 20 heavy (non-hydrogen) atoms. The number of aliphatic carboxylic acids is 1. The Hall–Kier alpha value is -0.860. The van der Waals surface area contributed by atoms with E-state index in [1.807, 2.05) is 13.8 Å². The highest BCUT2D eigenvalue weighted by Crippen LogP contribution is 2.39. The Morgan fingerprint density at radius 2 is 1.60 bits per heavy atom. The van der Waals surface area contributed by atoms with E-state index in [2.05, 4.69) is 20.8 Å². The highest BCUT2D eigenvalue weighted by molar-refractivity contribution is 5.85. The van der Waals surface area contributed by atoms with Crippen LogP contribution in [0, 0.1) is 29.1 Å². The van der Waals surface area contributed by atoms with Crippen molar-refractivity contribution in [2.24, 2.45) is 29.1 Å². The van der Waals surface area contributed by atoms with E-state index < -0.39 is 5.97 Å². The fraction of sp³-hybridized carbons (Fsp3) is 0.882. The van der Waals surface area contributed by atoms with Crippen molar-refractivity contribution in [1.29, 1.82) is 0 Å². The highest BCUT2D eigenvalue weighted by atomic mass is 16.4. The smallest absolute Gasteiger partial charge is 0.306 e. The summed E-state index contributed by atoms with van der Waals surface area (Å²) in [5.41, 5.74) is -0.267. The summed E-state index contributed by atoms with van der Waals surface area (Å²) in [5.74, 6) is 0.686. The van der Waals surface area contributed by atoms with Gasteiger partial charge in [0.25, 0.3) is 0 Å². The molecule has 0 aromatic rings. The van der Waals surface area contributed by atoms with Crippen molar-refractivity contribution in [3.8, 4) is 0 Å². The second-order valence-electron chi connectivity index (χ2n) is 7.53. The third-order valence-electron chi connectivity index (χ3n) is 4.95. The van der Waals surface area contributed by atoms with E-state index in [9.17, 15) is 9.59 Å². The first-order valence-corrected chi connectivity index (χ1v) is 7.92. The third kappa shape index (κ3) is 4.32. The molecule has 0 spiro atoms. The number of hydrogen-bond acceptors (Lipinski definition) is 2. The number of rotatable bonds is 6. The van der Waals surface area contributed by atoms with Crippen LogP contribution in [0.25, 0.3) is 0 Å². The lowest BCUT2D eigenvalue weighted by Crippen LogP contribution is -2.33. The van der Waals surface area contributed by atoms with E-state index in [1.54, 1.807) is 0 Å². The number of carbonyl (C=O) groups is 2. The minimum atomic E-state index is -0.647. The number of Topliss-reactive ketones (excluding diaryl/α,β-unsaturated/α-hetero) is 1. The minimum Gasteiger partial charge on any atom is -0.481 e. The second-order valence-corrected chi connectivity index (χ2v) is 7.53. The maximum absolute atomic E-state index is 12.2. The summed E-state index contributed by atoms with van der Waals surface area (Å²) in [4.78, 5) is 23.2. The molecule has 116 valence electrons. The van der Waals surface area contributed by atoms with Gasteiger partial charge in [0.05, 0.1) is 5.92 Å². The van der Waals surface area contributed by atoms with Crippen LogP contribution in [0.2, 0.25) is 0 Å². The van der Waals surface area contributed by atoms with E-state index in [0.717, 1.165) is 32.1 Å². The SMILES string of the molecule is CC(C)C(=O)C(C)(C)CC(C)C1CCC(C(=O)O)CC1. The summed E-state index contributed by atoms with van der Waals surface area (Å²) in [6.45, 7) is 10.3. The summed E-state index contributed by atoms with van der Waals surface area (Å²) in [6, 6.07) is 0. The Kier molecular flexibility index (Phi) is 5.79. The van der Waals surface area contributed by atoms with Gasteiger partial charge in [-0.15, -0.1) is 0 Å². The van der Waals surface area contributed by atoms with Gasteiger partial charge in [0, 0.05) is 11.3 Å². The topological polar surface area (TPSA) is 54.4 Å². The van der Waals surface area contributed by atoms with Crippen LogP contribution in [0.3, 0.4) is 0 Å². The molecule has 0 amide bonds. The lowest BCUT2D eigenvalue weighted by Gasteiger charge is -2.35. The predicted molar refractivity (Wildman–Crippen MR) is 80.5 cm³/mol. The maximum Gasteiger partial charge on any atom is 0.306 e. The Morgan fingerprint density at radius 1 is 1.10 bits per heavy atom. The van der Waals surface area contributed by atoms with E-state index >= 15 is 0 Å². The van der Waals surface area contributed by atoms with Crippen LogP contribution in [0.4, 0.5) is 0 Å². The van der Waals surface area contributed by atoms with Gasteiger partial charge in [-0.3, -0.25) is 9.59 Å². The predicted octanol–water partition coefficient (Wildman–Crippen LogP) is 4.15. The highest BCUT2D eigenvalue weighted by Gasteiger charge is 2.35. The number of ketones is 1. The fourth-order valence-corrected chi connectivity index (χ4v) is 3.79. The van der Waals surface area contributed by atoms with Gasteiger partial charge in [-0.05, 0) is 43.9 Å². The molecule has 1 atom stereocenters. The standard InChI is InChI=1S/C17H30O3/c1-11(2)15(18)17(4,5)10-12(3)13-6-8-14(9-7-13)16(19)20/h11-14H,6-10H2,1-5H3,(H,19,20). The van der Waals surface area contributed by atoms with Crippen LogP contribution < -0.4 is 0 Å². The molecule has 0 bridgehead atoms. The first-order valence-electron chi connectivity index (χ1n) is 7.92. The molecule has 1 aliphatic rings. The van der Waals surface area contributed by atoms with Gasteiger partial charge >= 0.3 is 5.97 Å². The molecule has 3 heteroatoms. The maximum atomic E-state index is 12.2. The van der Waals surface area contributed by atoms with Crippen molar-refractivity contribution in [2.75, 3.05) is 0 Å². The largest absolute Gasteiger partial charge is 0.481 e. The summed E-state index contributed by atoms with van der Waals surface area (Å²) in [5, 5.41) is 9.04.